The van der Waals surface area contributed by atoms with Gasteiger partial charge in [-0.05, 0) is 29.7 Å². The molecular formula is C16H20N2O5. The predicted octanol–water partition coefficient (Wildman–Crippen LogP) is 1.47. The second-order valence-corrected chi connectivity index (χ2v) is 5.06. The Morgan fingerprint density at radius 3 is 2.26 bits per heavy atom. The molecule has 124 valence electrons. The van der Waals surface area contributed by atoms with Crippen molar-refractivity contribution in [3.05, 3.63) is 35.9 Å². The number of carbonyl (C=O) groups is 3. The van der Waals surface area contributed by atoms with E-state index in [1.165, 1.54) is 6.08 Å². The summed E-state index contributed by atoms with van der Waals surface area (Å²) >= 11 is 0. The lowest BCUT2D eigenvalue weighted by atomic mass is 10.1. The second-order valence-electron chi connectivity index (χ2n) is 5.06. The summed E-state index contributed by atoms with van der Waals surface area (Å²) in [6, 6.07) is 6.04. The lowest BCUT2D eigenvalue weighted by molar-refractivity contribution is -0.153. The standard InChI is InChI=1S/C16H20N2O5/c1-10(2)14(15(20)18-16(17)21)23-13(19)9-6-11-4-7-12(22-3)8-5-11/h4-10,14H,1-3H3,(H3,17,18,20,21)/b9-6+/t14-/m1/s1. The van der Waals surface area contributed by atoms with Crippen LogP contribution in [0.3, 0.4) is 0 Å². The van der Waals surface area contributed by atoms with E-state index < -0.39 is 24.0 Å². The third kappa shape index (κ3) is 6.21. The van der Waals surface area contributed by atoms with E-state index in [0.717, 1.165) is 5.56 Å². The van der Waals surface area contributed by atoms with E-state index in [4.69, 9.17) is 15.2 Å². The minimum absolute atomic E-state index is 0.312. The molecule has 0 saturated carbocycles. The van der Waals surface area contributed by atoms with Crippen molar-refractivity contribution in [1.29, 1.82) is 0 Å². The van der Waals surface area contributed by atoms with Gasteiger partial charge in [0.1, 0.15) is 5.75 Å². The first kappa shape index (κ1) is 18.2. The van der Waals surface area contributed by atoms with E-state index in [2.05, 4.69) is 0 Å². The Kier molecular flexibility index (Phi) is 6.79. The fraction of sp³-hybridized carbons (Fsp3) is 0.312. The van der Waals surface area contributed by atoms with E-state index in [1.807, 2.05) is 5.32 Å². The van der Waals surface area contributed by atoms with Gasteiger partial charge in [-0.15, -0.1) is 0 Å². The molecule has 3 amide bonds. The molecule has 0 fully saturated rings. The van der Waals surface area contributed by atoms with Crippen LogP contribution in [0.1, 0.15) is 19.4 Å². The van der Waals surface area contributed by atoms with Crippen molar-refractivity contribution in [3.63, 3.8) is 0 Å². The summed E-state index contributed by atoms with van der Waals surface area (Å²) < 4.78 is 10.1. The average Bonchev–Trinajstić information content (AvgIpc) is 2.50. The molecule has 0 aliphatic rings. The maximum Gasteiger partial charge on any atom is 0.331 e. The van der Waals surface area contributed by atoms with Crippen LogP contribution in [0, 0.1) is 5.92 Å². The van der Waals surface area contributed by atoms with Gasteiger partial charge in [-0.1, -0.05) is 26.0 Å². The third-order valence-corrected chi connectivity index (χ3v) is 2.88. The van der Waals surface area contributed by atoms with Gasteiger partial charge in [0.15, 0.2) is 6.10 Å². The number of hydrogen-bond acceptors (Lipinski definition) is 5. The number of ether oxygens (including phenoxy) is 2. The van der Waals surface area contributed by atoms with Crippen LogP contribution >= 0.6 is 0 Å². The van der Waals surface area contributed by atoms with Crippen LogP contribution in [0.15, 0.2) is 30.3 Å². The summed E-state index contributed by atoms with van der Waals surface area (Å²) in [4.78, 5) is 34.3. The van der Waals surface area contributed by atoms with Gasteiger partial charge < -0.3 is 15.2 Å². The SMILES string of the molecule is COc1ccc(/C=C/C(=O)O[C@@H](C(=O)NC(N)=O)C(C)C)cc1. The Labute approximate surface area is 134 Å². The zero-order valence-electron chi connectivity index (χ0n) is 13.2. The highest BCUT2D eigenvalue weighted by Gasteiger charge is 2.26. The quantitative estimate of drug-likeness (QED) is 0.609. The molecule has 0 aromatic heterocycles. The highest BCUT2D eigenvalue weighted by atomic mass is 16.5. The van der Waals surface area contributed by atoms with Gasteiger partial charge in [-0.3, -0.25) is 10.1 Å². The third-order valence-electron chi connectivity index (χ3n) is 2.88. The number of benzene rings is 1. The molecular weight excluding hydrogens is 300 g/mol. The number of carbonyl (C=O) groups excluding carboxylic acids is 3. The molecule has 0 spiro atoms. The number of urea groups is 1. The largest absolute Gasteiger partial charge is 0.497 e. The summed E-state index contributed by atoms with van der Waals surface area (Å²) in [6.07, 6.45) is 1.65. The van der Waals surface area contributed by atoms with Gasteiger partial charge in [0.25, 0.3) is 5.91 Å². The molecule has 0 unspecified atom stereocenters. The molecule has 1 rings (SSSR count). The predicted molar refractivity (Wildman–Crippen MR) is 84.5 cm³/mol. The Morgan fingerprint density at radius 2 is 1.78 bits per heavy atom. The normalized spacial score (nSPS) is 12.0. The van der Waals surface area contributed by atoms with Gasteiger partial charge in [-0.2, -0.15) is 0 Å². The topological polar surface area (TPSA) is 108 Å². The Hall–Kier alpha value is -2.83. The molecule has 0 bridgehead atoms. The zero-order chi connectivity index (χ0) is 17.4. The molecule has 0 saturated heterocycles. The van der Waals surface area contributed by atoms with Crippen LogP contribution in [-0.4, -0.2) is 31.1 Å². The van der Waals surface area contributed by atoms with Gasteiger partial charge in [0, 0.05) is 6.08 Å². The van der Waals surface area contributed by atoms with E-state index >= 15 is 0 Å². The van der Waals surface area contributed by atoms with Crippen molar-refractivity contribution in [3.8, 4) is 5.75 Å². The average molecular weight is 320 g/mol. The van der Waals surface area contributed by atoms with E-state index in [-0.39, 0.29) is 5.92 Å². The van der Waals surface area contributed by atoms with Crippen LogP contribution in [0.2, 0.25) is 0 Å². The molecule has 23 heavy (non-hydrogen) atoms. The van der Waals surface area contributed by atoms with Gasteiger partial charge in [0.2, 0.25) is 0 Å². The van der Waals surface area contributed by atoms with E-state index in [1.54, 1.807) is 51.3 Å². The lowest BCUT2D eigenvalue weighted by Crippen LogP contribution is -2.45. The summed E-state index contributed by atoms with van der Waals surface area (Å²) in [5.41, 5.74) is 5.65. The Morgan fingerprint density at radius 1 is 1.17 bits per heavy atom. The highest BCUT2D eigenvalue weighted by molar-refractivity contribution is 5.97. The van der Waals surface area contributed by atoms with Crippen molar-refractivity contribution >= 4 is 24.0 Å². The highest BCUT2D eigenvalue weighted by Crippen LogP contribution is 2.13. The number of rotatable bonds is 6. The first-order valence-corrected chi connectivity index (χ1v) is 6.96. The second kappa shape index (κ2) is 8.57. The summed E-state index contributed by atoms with van der Waals surface area (Å²) in [6.45, 7) is 3.37. The van der Waals surface area contributed by atoms with E-state index in [9.17, 15) is 14.4 Å². The van der Waals surface area contributed by atoms with Crippen LogP contribution in [-0.2, 0) is 14.3 Å². The zero-order valence-corrected chi connectivity index (χ0v) is 13.2. The molecule has 1 aromatic rings. The lowest BCUT2D eigenvalue weighted by Gasteiger charge is -2.18. The maximum absolute atomic E-state index is 11.8. The van der Waals surface area contributed by atoms with Crippen molar-refractivity contribution in [2.75, 3.05) is 7.11 Å². The van der Waals surface area contributed by atoms with Gasteiger partial charge >= 0.3 is 12.0 Å². The smallest absolute Gasteiger partial charge is 0.331 e. The fourth-order valence-electron chi connectivity index (χ4n) is 1.73. The number of nitrogens with two attached hydrogens (primary N) is 1. The van der Waals surface area contributed by atoms with Gasteiger partial charge in [-0.25, -0.2) is 9.59 Å². The van der Waals surface area contributed by atoms with Crippen molar-refractivity contribution in [2.24, 2.45) is 11.7 Å². The molecule has 0 aliphatic heterocycles. The maximum atomic E-state index is 11.8. The van der Waals surface area contributed by atoms with Crippen LogP contribution < -0.4 is 15.8 Å². The number of methoxy groups -OCH3 is 1. The summed E-state index contributed by atoms with van der Waals surface area (Å²) in [5.74, 6) is -1.06. The molecule has 1 atom stereocenters. The molecule has 3 N–H and O–H groups in total. The summed E-state index contributed by atoms with van der Waals surface area (Å²) in [7, 11) is 1.56. The number of imide groups is 1. The number of primary amides is 1. The Bertz CT molecular complexity index is 593. The summed E-state index contributed by atoms with van der Waals surface area (Å²) in [5, 5.41) is 1.90. The first-order chi connectivity index (χ1) is 10.8. The molecule has 0 heterocycles. The monoisotopic (exact) mass is 320 g/mol. The number of nitrogens with one attached hydrogen (secondary N) is 1. The first-order valence-electron chi connectivity index (χ1n) is 6.96. The van der Waals surface area contributed by atoms with E-state index in [0.29, 0.717) is 5.75 Å². The van der Waals surface area contributed by atoms with Crippen molar-refractivity contribution in [2.45, 2.75) is 20.0 Å². The Balaban J connectivity index is 2.69. The number of amides is 3. The molecule has 1 aromatic carbocycles. The molecule has 0 aliphatic carbocycles. The minimum Gasteiger partial charge on any atom is -0.497 e. The van der Waals surface area contributed by atoms with Gasteiger partial charge in [0.05, 0.1) is 7.11 Å². The fourth-order valence-corrected chi connectivity index (χ4v) is 1.73. The van der Waals surface area contributed by atoms with Crippen molar-refractivity contribution in [1.82, 2.24) is 5.32 Å². The van der Waals surface area contributed by atoms with Crippen molar-refractivity contribution < 1.29 is 23.9 Å². The molecule has 0 radical (unpaired) electrons. The number of esters is 1. The van der Waals surface area contributed by atoms with Crippen LogP contribution in [0.5, 0.6) is 5.75 Å². The molecule has 7 nitrogen and oxygen atoms in total. The molecule has 7 heteroatoms. The minimum atomic E-state index is -1.10. The number of hydrogen-bond donors (Lipinski definition) is 2. The van der Waals surface area contributed by atoms with Crippen LogP contribution in [0.25, 0.3) is 6.08 Å². The van der Waals surface area contributed by atoms with Crippen LogP contribution in [0.4, 0.5) is 4.79 Å².